The maximum Gasteiger partial charge on any atom is 0.264 e. The molecule has 0 spiro atoms. The summed E-state index contributed by atoms with van der Waals surface area (Å²) in [5, 5.41) is 1.86. The van der Waals surface area contributed by atoms with Crippen LogP contribution in [0.25, 0.3) is 16.6 Å². The standard InChI is InChI=1S/C68H81BN2S/c1-17-45(39-44-22-24-47(25-23-44)65(5,6)7)60-61-57(37-35-54-53-20-18-19-21-59(53)72-63(54)61)71(52-33-28-49(29-34-52)67(11,12)13)64(60)69-55-41-50(68(14,15)16)30-36-56(55)70(51-31-26-48(27-32-51)66(8,9)10)58-40-46(42(2)3)38-43(4)62(58)69/h18-37,40-43,45,53,59H,17,38-39H2,1-16H3. The number of thioether (sulfide) groups is 1. The zero-order chi connectivity index (χ0) is 51.4. The van der Waals surface area contributed by atoms with Gasteiger partial charge >= 0.3 is 0 Å². The Labute approximate surface area is 439 Å². The van der Waals surface area contributed by atoms with Crippen LogP contribution in [0.5, 0.6) is 0 Å². The largest absolute Gasteiger partial charge is 0.321 e. The summed E-state index contributed by atoms with van der Waals surface area (Å²) in [7, 11) is 0. The molecule has 4 unspecified atom stereocenters. The smallest absolute Gasteiger partial charge is 0.264 e. The molecule has 5 aromatic carbocycles. The fourth-order valence-electron chi connectivity index (χ4n) is 12.4. The Morgan fingerprint density at radius 1 is 0.653 bits per heavy atom. The molecule has 2 nitrogen and oxygen atoms in total. The van der Waals surface area contributed by atoms with Gasteiger partial charge in [-0.2, -0.15) is 0 Å². The Morgan fingerprint density at radius 2 is 1.21 bits per heavy atom. The predicted octanol–water partition coefficient (Wildman–Crippen LogP) is 17.4. The molecule has 0 bridgehead atoms. The minimum atomic E-state index is -0.0470. The second-order valence-electron chi connectivity index (χ2n) is 26.4. The fraction of sp³-hybridized carbons (Fsp3) is 0.412. The summed E-state index contributed by atoms with van der Waals surface area (Å²) in [6.45, 7) is 37.9. The van der Waals surface area contributed by atoms with Crippen LogP contribution in [0, 0.1) is 11.8 Å². The lowest BCUT2D eigenvalue weighted by Crippen LogP contribution is -2.56. The highest BCUT2D eigenvalue weighted by Crippen LogP contribution is 2.54. The van der Waals surface area contributed by atoms with Gasteiger partial charge < -0.3 is 9.47 Å². The highest BCUT2D eigenvalue weighted by atomic mass is 32.2. The van der Waals surface area contributed by atoms with E-state index in [1.165, 1.54) is 88.6 Å². The number of allylic oxidation sites excluding steroid dienone is 6. The SMILES string of the molecule is CCC(Cc1ccc(C(C)(C)C)cc1)c1c(B2C3=C(C=C(C(C)C)CC3C)N(c3ccc(C(C)(C)C)cc3)c3ccc(C(C)(C)C)cc32)n(-c2ccc(C(C)(C)C)cc2)c2ccc3c(c12)SC1C=CC=CC31. The van der Waals surface area contributed by atoms with Crippen molar-refractivity contribution in [2.45, 2.75) is 174 Å². The molecular formula is C68H81BN2S. The Bertz CT molecular complexity index is 3160. The Balaban J connectivity index is 1.36. The van der Waals surface area contributed by atoms with E-state index in [-0.39, 0.29) is 34.3 Å². The maximum atomic E-state index is 2.78. The summed E-state index contributed by atoms with van der Waals surface area (Å²) >= 11 is 2.11. The summed E-state index contributed by atoms with van der Waals surface area (Å²) in [5.74, 6) is 1.38. The van der Waals surface area contributed by atoms with Crippen LogP contribution >= 0.6 is 11.8 Å². The first kappa shape index (κ1) is 50.4. The molecule has 4 aliphatic rings. The summed E-state index contributed by atoms with van der Waals surface area (Å²) in [6, 6.07) is 41.5. The van der Waals surface area contributed by atoms with Gasteiger partial charge in [0.2, 0.25) is 0 Å². The summed E-state index contributed by atoms with van der Waals surface area (Å²) in [6.07, 6.45) is 15.1. The normalized spacial score (nSPS) is 19.5. The fourth-order valence-corrected chi connectivity index (χ4v) is 13.9. The quantitative estimate of drug-likeness (QED) is 0.140. The zero-order valence-electron chi connectivity index (χ0n) is 46.6. The van der Waals surface area contributed by atoms with Crippen molar-refractivity contribution < 1.29 is 0 Å². The molecule has 4 atom stereocenters. The summed E-state index contributed by atoms with van der Waals surface area (Å²) < 4.78 is 2.78. The molecule has 0 N–H and O–H groups in total. The van der Waals surface area contributed by atoms with Crippen LogP contribution in [-0.2, 0) is 28.1 Å². The van der Waals surface area contributed by atoms with Gasteiger partial charge in [0.15, 0.2) is 0 Å². The van der Waals surface area contributed by atoms with E-state index < -0.39 is 0 Å². The Hall–Kier alpha value is -5.19. The van der Waals surface area contributed by atoms with Crippen molar-refractivity contribution in [3.05, 3.63) is 189 Å². The van der Waals surface area contributed by atoms with Gasteiger partial charge in [-0.1, -0.05) is 213 Å². The molecule has 0 amide bonds. The van der Waals surface area contributed by atoms with Gasteiger partial charge in [0.25, 0.3) is 6.71 Å². The van der Waals surface area contributed by atoms with Crippen molar-refractivity contribution in [2.24, 2.45) is 11.8 Å². The third-order valence-corrected chi connectivity index (χ3v) is 18.2. The molecule has 4 heteroatoms. The number of benzene rings is 5. The first-order valence-electron chi connectivity index (χ1n) is 27.4. The van der Waals surface area contributed by atoms with E-state index in [4.69, 9.17) is 0 Å². The number of anilines is 2. The van der Waals surface area contributed by atoms with Crippen LogP contribution in [0.15, 0.2) is 155 Å². The van der Waals surface area contributed by atoms with E-state index in [0.717, 1.165) is 19.3 Å². The second kappa shape index (κ2) is 18.3. The average molecular weight is 969 g/mol. The molecular weight excluding hydrogens is 888 g/mol. The van der Waals surface area contributed by atoms with Crippen LogP contribution in [-0.4, -0.2) is 16.5 Å². The minimum Gasteiger partial charge on any atom is -0.321 e. The first-order chi connectivity index (χ1) is 33.9. The van der Waals surface area contributed by atoms with E-state index in [0.29, 0.717) is 23.0 Å². The van der Waals surface area contributed by atoms with Crippen LogP contribution < -0.4 is 16.0 Å². The molecule has 72 heavy (non-hydrogen) atoms. The topological polar surface area (TPSA) is 8.17 Å². The van der Waals surface area contributed by atoms with E-state index >= 15 is 0 Å². The predicted molar refractivity (Wildman–Crippen MR) is 316 cm³/mol. The van der Waals surface area contributed by atoms with E-state index in [2.05, 4.69) is 266 Å². The van der Waals surface area contributed by atoms with Crippen LogP contribution in [0.4, 0.5) is 11.4 Å². The number of aromatic nitrogens is 1. The third kappa shape index (κ3) is 8.94. The Kier molecular flexibility index (Phi) is 12.8. The van der Waals surface area contributed by atoms with Crippen molar-refractivity contribution in [3.63, 3.8) is 0 Å². The number of fused-ring (bicyclic) bond motifs is 6. The maximum absolute atomic E-state index is 2.78. The molecule has 0 saturated carbocycles. The van der Waals surface area contributed by atoms with Gasteiger partial charge in [-0.3, -0.25) is 0 Å². The van der Waals surface area contributed by atoms with Crippen LogP contribution in [0.1, 0.15) is 174 Å². The molecule has 2 aliphatic heterocycles. The van der Waals surface area contributed by atoms with Gasteiger partial charge in [0, 0.05) is 49.8 Å². The molecule has 0 saturated heterocycles. The number of nitrogens with zero attached hydrogens (tertiary/aromatic N) is 2. The summed E-state index contributed by atoms with van der Waals surface area (Å²) in [5.41, 5.74) is 22.5. The third-order valence-electron chi connectivity index (χ3n) is 16.8. The van der Waals surface area contributed by atoms with Gasteiger partial charge in [-0.05, 0) is 146 Å². The van der Waals surface area contributed by atoms with Gasteiger partial charge in [-0.25, -0.2) is 0 Å². The number of hydrogen-bond donors (Lipinski definition) is 0. The van der Waals surface area contributed by atoms with Crippen molar-refractivity contribution in [1.82, 2.24) is 4.57 Å². The van der Waals surface area contributed by atoms with E-state index in [1.807, 2.05) is 0 Å². The summed E-state index contributed by atoms with van der Waals surface area (Å²) in [4.78, 5) is 4.14. The van der Waals surface area contributed by atoms with Crippen molar-refractivity contribution in [2.75, 3.05) is 4.90 Å². The van der Waals surface area contributed by atoms with Gasteiger partial charge in [-0.15, -0.1) is 11.8 Å². The minimum absolute atomic E-state index is 0.00603. The highest BCUT2D eigenvalue weighted by molar-refractivity contribution is 8.00. The molecule has 3 heterocycles. The lowest BCUT2D eigenvalue weighted by molar-refractivity contribution is 0.589. The monoisotopic (exact) mass is 969 g/mol. The zero-order valence-corrected chi connectivity index (χ0v) is 47.4. The van der Waals surface area contributed by atoms with Crippen molar-refractivity contribution in [3.8, 4) is 5.69 Å². The highest BCUT2D eigenvalue weighted by Gasteiger charge is 2.46. The van der Waals surface area contributed by atoms with Gasteiger partial charge in [0.05, 0.1) is 5.52 Å². The molecule has 10 rings (SSSR count). The molecule has 1 aromatic heterocycles. The van der Waals surface area contributed by atoms with Crippen LogP contribution in [0.3, 0.4) is 0 Å². The first-order valence-corrected chi connectivity index (χ1v) is 28.2. The molecule has 6 aromatic rings. The molecule has 0 radical (unpaired) electrons. The van der Waals surface area contributed by atoms with E-state index in [9.17, 15) is 0 Å². The lowest BCUT2D eigenvalue weighted by atomic mass is 9.32. The molecule has 2 aliphatic carbocycles. The van der Waals surface area contributed by atoms with E-state index in [1.54, 1.807) is 11.0 Å². The lowest BCUT2D eigenvalue weighted by Gasteiger charge is -2.44. The molecule has 0 fully saturated rings. The molecule has 372 valence electrons. The van der Waals surface area contributed by atoms with Crippen molar-refractivity contribution in [1.29, 1.82) is 0 Å². The Morgan fingerprint density at radius 3 is 1.78 bits per heavy atom. The number of hydrogen-bond acceptors (Lipinski definition) is 2. The van der Waals surface area contributed by atoms with Crippen molar-refractivity contribution >= 4 is 51.8 Å². The second-order valence-corrected chi connectivity index (χ2v) is 27.5. The number of rotatable bonds is 8. The average Bonchev–Trinajstić information content (AvgIpc) is 3.87. The van der Waals surface area contributed by atoms with Crippen LogP contribution in [0.2, 0.25) is 0 Å². The van der Waals surface area contributed by atoms with Gasteiger partial charge in [0.1, 0.15) is 0 Å².